The van der Waals surface area contributed by atoms with E-state index in [9.17, 15) is 24.3 Å². The first-order valence-corrected chi connectivity index (χ1v) is 18.3. The summed E-state index contributed by atoms with van der Waals surface area (Å²) in [6.45, 7) is 12.4. The van der Waals surface area contributed by atoms with Crippen LogP contribution in [0.5, 0.6) is 0 Å². The summed E-state index contributed by atoms with van der Waals surface area (Å²) in [4.78, 5) is 55.9. The summed E-state index contributed by atoms with van der Waals surface area (Å²) in [7, 11) is 1.56. The summed E-state index contributed by atoms with van der Waals surface area (Å²) in [6, 6.07) is 21.4. The summed E-state index contributed by atoms with van der Waals surface area (Å²) >= 11 is 0. The van der Waals surface area contributed by atoms with E-state index < -0.39 is 41.9 Å². The smallest absolute Gasteiger partial charge is 0.407 e. The molecule has 290 valence electrons. The molecule has 13 heteroatoms. The molecule has 5 amide bonds. The zero-order valence-electron chi connectivity index (χ0n) is 32.3. The topological polar surface area (TPSA) is 153 Å². The number of hydrazine groups is 1. The Labute approximate surface area is 313 Å². The number of carbonyl (C=O) groups excluding carboxylic acids is 3. The minimum Gasteiger partial charge on any atom is -0.465 e. The van der Waals surface area contributed by atoms with Gasteiger partial charge in [-0.05, 0) is 82.7 Å². The zero-order valence-corrected chi connectivity index (χ0v) is 32.3. The number of hydrogen-bond acceptors (Lipinski definition) is 7. The van der Waals surface area contributed by atoms with Crippen molar-refractivity contribution in [2.75, 3.05) is 33.4 Å². The lowest BCUT2D eigenvalue weighted by molar-refractivity contribution is -0.179. The molecule has 0 heterocycles. The van der Waals surface area contributed by atoms with Gasteiger partial charge in [-0.3, -0.25) is 15.0 Å². The highest BCUT2D eigenvalue weighted by Gasteiger charge is 2.34. The Balaban J connectivity index is 1.85. The fraction of sp³-hybridized carbons (Fsp3) is 0.500. The number of carboxylic acid groups (broad SMARTS) is 1. The van der Waals surface area contributed by atoms with Crippen molar-refractivity contribution in [3.8, 4) is 0 Å². The van der Waals surface area contributed by atoms with Crippen molar-refractivity contribution in [1.29, 1.82) is 0 Å². The van der Waals surface area contributed by atoms with E-state index in [1.807, 2.05) is 114 Å². The highest BCUT2D eigenvalue weighted by molar-refractivity contribution is 5.90. The van der Waals surface area contributed by atoms with E-state index in [2.05, 4.69) is 16.1 Å². The number of nitrogens with zero attached hydrogens (tertiary/aromatic N) is 3. The largest absolute Gasteiger partial charge is 0.465 e. The third-order valence-electron chi connectivity index (χ3n) is 8.82. The molecular weight excluding hydrogens is 676 g/mol. The van der Waals surface area contributed by atoms with Crippen LogP contribution in [-0.2, 0) is 32.2 Å². The quantitative estimate of drug-likeness (QED) is 0.0652. The van der Waals surface area contributed by atoms with Gasteiger partial charge < -0.3 is 35.0 Å². The van der Waals surface area contributed by atoms with Crippen LogP contribution in [-0.4, -0.2) is 101 Å². The van der Waals surface area contributed by atoms with Gasteiger partial charge in [-0.25, -0.2) is 14.6 Å². The van der Waals surface area contributed by atoms with Gasteiger partial charge in [0.1, 0.15) is 6.04 Å². The molecule has 0 fully saturated rings. The van der Waals surface area contributed by atoms with E-state index in [1.54, 1.807) is 11.9 Å². The summed E-state index contributed by atoms with van der Waals surface area (Å²) in [5.74, 6) is -0.801. The first kappa shape index (κ1) is 42.7. The molecule has 0 aliphatic rings. The lowest BCUT2D eigenvalue weighted by Crippen LogP contribution is -2.56. The van der Waals surface area contributed by atoms with Gasteiger partial charge in [0.25, 0.3) is 0 Å². The van der Waals surface area contributed by atoms with Crippen LogP contribution >= 0.6 is 0 Å². The summed E-state index contributed by atoms with van der Waals surface area (Å²) < 4.78 is 11.9. The molecule has 0 aromatic heterocycles. The Bertz CT molecular complexity index is 1600. The second-order valence-electron chi connectivity index (χ2n) is 14.0. The van der Waals surface area contributed by atoms with Crippen LogP contribution in [0.2, 0.25) is 0 Å². The number of ether oxygens (including phenoxy) is 2. The van der Waals surface area contributed by atoms with Crippen molar-refractivity contribution in [3.05, 3.63) is 83.9 Å². The van der Waals surface area contributed by atoms with Crippen molar-refractivity contribution in [1.82, 2.24) is 30.9 Å². The normalized spacial score (nSPS) is 12.7. The first-order chi connectivity index (χ1) is 25.2. The number of unbranched alkanes of at least 4 members (excludes halogenated alkanes) is 1. The maximum absolute atomic E-state index is 14.8. The van der Waals surface area contributed by atoms with Crippen LogP contribution in [0.3, 0.4) is 0 Å². The Morgan fingerprint density at radius 3 is 2.15 bits per heavy atom. The van der Waals surface area contributed by atoms with Gasteiger partial charge in [0.2, 0.25) is 11.8 Å². The van der Waals surface area contributed by atoms with Crippen LogP contribution in [0.1, 0.15) is 71.9 Å². The average Bonchev–Trinajstić information content (AvgIpc) is 3.11. The Kier molecular flexibility index (Phi) is 17.0. The fourth-order valence-electron chi connectivity index (χ4n) is 6.12. The predicted octanol–water partition coefficient (Wildman–Crippen LogP) is 5.74. The van der Waals surface area contributed by atoms with Gasteiger partial charge in [-0.1, -0.05) is 72.8 Å². The number of amides is 5. The molecule has 0 saturated heterocycles. The molecule has 2 unspecified atom stereocenters. The molecule has 0 saturated carbocycles. The van der Waals surface area contributed by atoms with Crippen molar-refractivity contribution in [3.63, 3.8) is 0 Å². The molecule has 2 atom stereocenters. The first-order valence-electron chi connectivity index (χ1n) is 18.3. The molecule has 13 nitrogen and oxygen atoms in total. The zero-order chi connectivity index (χ0) is 39.0. The van der Waals surface area contributed by atoms with Crippen LogP contribution in [0, 0.1) is 0 Å². The number of carbonyl (C=O) groups is 4. The van der Waals surface area contributed by atoms with E-state index in [1.165, 1.54) is 9.91 Å². The third kappa shape index (κ3) is 13.6. The Hall–Kier alpha value is -4.72. The van der Waals surface area contributed by atoms with E-state index >= 15 is 0 Å². The standard InChI is InChI=1S/C40H58N6O7/c1-8-52-37(53-9-2)29(3)45(27-32-22-17-21-31-20-13-14-23-33(31)32)36(48)34(24-15-16-25-46(39(50)51)40(4,5)6)42-35(47)28-44(7)43-38(49)41-26-30-18-11-10-12-19-30/h10-14,17-23,29,34,37H,8-9,15-16,24-28H2,1-7H3,(H,42,47)(H,50,51)(H2,41,43,49). The van der Waals surface area contributed by atoms with Crippen molar-refractivity contribution in [2.24, 2.45) is 0 Å². The molecule has 53 heavy (non-hydrogen) atoms. The lowest BCUT2D eigenvalue weighted by Gasteiger charge is -2.37. The van der Waals surface area contributed by atoms with E-state index in [-0.39, 0.29) is 32.0 Å². The molecular formula is C40H58N6O7. The second-order valence-corrected chi connectivity index (χ2v) is 14.0. The molecule has 4 N–H and O–H groups in total. The molecule has 3 aromatic rings. The predicted molar refractivity (Wildman–Crippen MR) is 206 cm³/mol. The number of urea groups is 1. The van der Waals surface area contributed by atoms with Gasteiger partial charge >= 0.3 is 12.1 Å². The van der Waals surface area contributed by atoms with Crippen LogP contribution < -0.4 is 16.1 Å². The molecule has 0 bridgehead atoms. The van der Waals surface area contributed by atoms with Crippen LogP contribution in [0.15, 0.2) is 72.8 Å². The minimum absolute atomic E-state index is 0.223. The summed E-state index contributed by atoms with van der Waals surface area (Å²) in [5, 5.41) is 18.9. The molecule has 0 aliphatic carbocycles. The minimum atomic E-state index is -1.02. The van der Waals surface area contributed by atoms with Gasteiger partial charge in [0, 0.05) is 45.4 Å². The fourth-order valence-corrected chi connectivity index (χ4v) is 6.12. The number of hydrogen-bond donors (Lipinski definition) is 4. The average molecular weight is 735 g/mol. The van der Waals surface area contributed by atoms with E-state index in [0.29, 0.717) is 32.6 Å². The number of likely N-dealkylation sites (N-methyl/N-ethyl adjacent to an activating group) is 1. The van der Waals surface area contributed by atoms with Gasteiger partial charge in [-0.2, -0.15) is 0 Å². The number of fused-ring (bicyclic) bond motifs is 1. The van der Waals surface area contributed by atoms with Crippen molar-refractivity contribution < 1.29 is 33.8 Å². The van der Waals surface area contributed by atoms with Gasteiger partial charge in [0.15, 0.2) is 6.29 Å². The molecule has 3 rings (SSSR count). The van der Waals surface area contributed by atoms with E-state index in [4.69, 9.17) is 9.47 Å². The van der Waals surface area contributed by atoms with Crippen LogP contribution in [0.25, 0.3) is 10.8 Å². The second kappa shape index (κ2) is 21.1. The Morgan fingerprint density at radius 2 is 1.51 bits per heavy atom. The highest BCUT2D eigenvalue weighted by Crippen LogP contribution is 2.24. The maximum atomic E-state index is 14.8. The summed E-state index contributed by atoms with van der Waals surface area (Å²) in [6.07, 6.45) is -0.547. The highest BCUT2D eigenvalue weighted by atomic mass is 16.7. The van der Waals surface area contributed by atoms with Gasteiger partial charge in [0.05, 0.1) is 12.6 Å². The SMILES string of the molecule is CCOC(OCC)C(C)N(Cc1cccc2ccccc12)C(=O)C(CCCCN(C(=O)O)C(C)(C)C)NC(=O)CN(C)NC(=O)NCc1ccccc1. The number of rotatable bonds is 20. The van der Waals surface area contributed by atoms with Gasteiger partial charge in [-0.15, -0.1) is 0 Å². The molecule has 0 radical (unpaired) electrons. The van der Waals surface area contributed by atoms with Crippen molar-refractivity contribution in [2.45, 2.75) is 97.8 Å². The lowest BCUT2D eigenvalue weighted by atomic mass is 10.0. The summed E-state index contributed by atoms with van der Waals surface area (Å²) in [5.41, 5.74) is 3.89. The maximum Gasteiger partial charge on any atom is 0.407 e. The molecule has 0 spiro atoms. The monoisotopic (exact) mass is 734 g/mol. The van der Waals surface area contributed by atoms with E-state index in [0.717, 1.165) is 21.9 Å². The van der Waals surface area contributed by atoms with Crippen LogP contribution in [0.4, 0.5) is 9.59 Å². The number of benzene rings is 3. The molecule has 3 aromatic carbocycles. The number of nitrogens with one attached hydrogen (secondary N) is 3. The molecule has 0 aliphatic heterocycles. The Morgan fingerprint density at radius 1 is 0.868 bits per heavy atom. The van der Waals surface area contributed by atoms with Crippen molar-refractivity contribution >= 4 is 34.7 Å². The third-order valence-corrected chi connectivity index (χ3v) is 8.82.